The molecule has 2 N–H and O–H groups in total. The molecule has 1 saturated heterocycles. The van der Waals surface area contributed by atoms with Gasteiger partial charge in [-0.15, -0.1) is 0 Å². The molecular formula is C27H32N2O5. The van der Waals surface area contributed by atoms with Crippen molar-refractivity contribution in [3.05, 3.63) is 59.7 Å². The van der Waals surface area contributed by atoms with E-state index in [1.807, 2.05) is 45.0 Å². The van der Waals surface area contributed by atoms with Crippen LogP contribution in [-0.2, 0) is 14.3 Å². The number of likely N-dealkylation sites (tertiary alicyclic amines) is 1. The van der Waals surface area contributed by atoms with Gasteiger partial charge in [0, 0.05) is 19.0 Å². The van der Waals surface area contributed by atoms with Gasteiger partial charge < -0.3 is 20.1 Å². The minimum Gasteiger partial charge on any atom is -0.481 e. The van der Waals surface area contributed by atoms with Crippen LogP contribution in [0.1, 0.15) is 50.7 Å². The van der Waals surface area contributed by atoms with E-state index in [-0.39, 0.29) is 18.4 Å². The van der Waals surface area contributed by atoms with Crippen LogP contribution in [0.2, 0.25) is 0 Å². The van der Waals surface area contributed by atoms with Gasteiger partial charge in [-0.2, -0.15) is 0 Å². The fraction of sp³-hybridized carbons (Fsp3) is 0.444. The molecule has 34 heavy (non-hydrogen) atoms. The van der Waals surface area contributed by atoms with Gasteiger partial charge in [0.05, 0.1) is 5.92 Å². The van der Waals surface area contributed by atoms with Gasteiger partial charge in [0.15, 0.2) is 0 Å². The summed E-state index contributed by atoms with van der Waals surface area (Å²) in [5.74, 6) is -1.51. The maximum Gasteiger partial charge on any atom is 0.407 e. The third-order valence-corrected chi connectivity index (χ3v) is 6.87. The predicted molar refractivity (Wildman–Crippen MR) is 128 cm³/mol. The standard InChI is InChI=1S/C27H32N2O5/c1-27(2,3)23(24(30)29-14-12-17(13-15-29)25(31)32)28-26(33)34-16-22-20-10-6-4-8-18(20)19-9-5-7-11-21(19)22/h4-11,17,22-23H,12-16H2,1-3H3,(H,28,33)(H,31,32)/t23-/m1/s1. The molecule has 1 aliphatic carbocycles. The number of ether oxygens (including phenoxy) is 1. The van der Waals surface area contributed by atoms with Crippen molar-refractivity contribution in [2.75, 3.05) is 19.7 Å². The smallest absolute Gasteiger partial charge is 0.407 e. The van der Waals surface area contributed by atoms with Gasteiger partial charge in [0.25, 0.3) is 0 Å². The molecule has 1 aliphatic heterocycles. The van der Waals surface area contributed by atoms with Crippen LogP contribution in [0.4, 0.5) is 4.79 Å². The fourth-order valence-electron chi connectivity index (χ4n) is 4.94. The molecule has 0 saturated carbocycles. The molecule has 2 aromatic rings. The lowest BCUT2D eigenvalue weighted by Crippen LogP contribution is -2.56. The number of benzene rings is 2. The summed E-state index contributed by atoms with van der Waals surface area (Å²) >= 11 is 0. The molecule has 2 aliphatic rings. The highest BCUT2D eigenvalue weighted by atomic mass is 16.5. The highest BCUT2D eigenvalue weighted by molar-refractivity contribution is 5.87. The number of aliphatic carboxylic acids is 1. The van der Waals surface area contributed by atoms with E-state index >= 15 is 0 Å². The van der Waals surface area contributed by atoms with Gasteiger partial charge in [0.1, 0.15) is 12.6 Å². The molecule has 2 amide bonds. The molecule has 7 heteroatoms. The molecule has 0 spiro atoms. The lowest BCUT2D eigenvalue weighted by molar-refractivity contribution is -0.146. The molecular weight excluding hydrogens is 432 g/mol. The van der Waals surface area contributed by atoms with Gasteiger partial charge >= 0.3 is 12.1 Å². The van der Waals surface area contributed by atoms with E-state index in [2.05, 4.69) is 29.6 Å². The Morgan fingerprint density at radius 3 is 2.03 bits per heavy atom. The van der Waals surface area contributed by atoms with Crippen molar-refractivity contribution in [3.63, 3.8) is 0 Å². The number of amides is 2. The molecule has 2 aromatic carbocycles. The SMILES string of the molecule is CC(C)(C)[C@H](NC(=O)OCC1c2ccccc2-c2ccccc21)C(=O)N1CCC(C(=O)O)CC1. The van der Waals surface area contributed by atoms with Crippen LogP contribution in [0.5, 0.6) is 0 Å². The number of alkyl carbamates (subject to hydrolysis) is 1. The molecule has 0 unspecified atom stereocenters. The van der Waals surface area contributed by atoms with E-state index in [0.29, 0.717) is 25.9 Å². The largest absolute Gasteiger partial charge is 0.481 e. The Morgan fingerprint density at radius 2 is 1.53 bits per heavy atom. The van der Waals surface area contributed by atoms with Crippen molar-refractivity contribution in [3.8, 4) is 11.1 Å². The summed E-state index contributed by atoms with van der Waals surface area (Å²) < 4.78 is 5.65. The first-order valence-electron chi connectivity index (χ1n) is 11.8. The Balaban J connectivity index is 1.42. The first-order chi connectivity index (χ1) is 16.2. The Hall–Kier alpha value is -3.35. The molecule has 1 heterocycles. The maximum atomic E-state index is 13.3. The summed E-state index contributed by atoms with van der Waals surface area (Å²) in [5, 5.41) is 12.0. The van der Waals surface area contributed by atoms with Gasteiger partial charge in [-0.1, -0.05) is 69.3 Å². The number of nitrogens with zero attached hydrogens (tertiary/aromatic N) is 1. The van der Waals surface area contributed by atoms with E-state index in [9.17, 15) is 19.5 Å². The summed E-state index contributed by atoms with van der Waals surface area (Å²) in [7, 11) is 0. The molecule has 7 nitrogen and oxygen atoms in total. The quantitative estimate of drug-likeness (QED) is 0.689. The Bertz CT molecular complexity index is 1040. The second-order valence-electron chi connectivity index (χ2n) is 10.2. The minimum absolute atomic E-state index is 0.0583. The number of piperidine rings is 1. The maximum absolute atomic E-state index is 13.3. The number of carbonyl (C=O) groups is 3. The van der Waals surface area contributed by atoms with Crippen molar-refractivity contribution >= 4 is 18.0 Å². The number of rotatable bonds is 5. The monoisotopic (exact) mass is 464 g/mol. The number of fused-ring (bicyclic) bond motifs is 3. The lowest BCUT2D eigenvalue weighted by atomic mass is 9.85. The predicted octanol–water partition coefficient (Wildman–Crippen LogP) is 4.26. The zero-order valence-electron chi connectivity index (χ0n) is 19.9. The highest BCUT2D eigenvalue weighted by Gasteiger charge is 2.38. The summed E-state index contributed by atoms with van der Waals surface area (Å²) in [5.41, 5.74) is 4.02. The Labute approximate surface area is 200 Å². The average molecular weight is 465 g/mol. The van der Waals surface area contributed by atoms with E-state index in [1.165, 1.54) is 0 Å². The van der Waals surface area contributed by atoms with Gasteiger partial charge in [0.2, 0.25) is 5.91 Å². The van der Waals surface area contributed by atoms with E-state index < -0.39 is 29.4 Å². The van der Waals surface area contributed by atoms with Crippen LogP contribution in [0, 0.1) is 11.3 Å². The van der Waals surface area contributed by atoms with Gasteiger partial charge in [-0.05, 0) is 40.5 Å². The normalized spacial score (nSPS) is 17.0. The first-order valence-corrected chi connectivity index (χ1v) is 11.8. The van der Waals surface area contributed by atoms with Crippen molar-refractivity contribution in [1.82, 2.24) is 10.2 Å². The van der Waals surface area contributed by atoms with Crippen LogP contribution < -0.4 is 5.32 Å². The van der Waals surface area contributed by atoms with E-state index in [0.717, 1.165) is 22.3 Å². The summed E-state index contributed by atoms with van der Waals surface area (Å²) in [4.78, 5) is 39.0. The number of carboxylic acid groups (broad SMARTS) is 1. The average Bonchev–Trinajstić information content (AvgIpc) is 3.14. The number of carboxylic acids is 1. The second-order valence-corrected chi connectivity index (χ2v) is 10.2. The van der Waals surface area contributed by atoms with Crippen LogP contribution in [0.3, 0.4) is 0 Å². The van der Waals surface area contributed by atoms with Crippen molar-refractivity contribution in [1.29, 1.82) is 0 Å². The van der Waals surface area contributed by atoms with Crippen LogP contribution in [0.25, 0.3) is 11.1 Å². The Kier molecular flexibility index (Phi) is 6.64. The van der Waals surface area contributed by atoms with Crippen LogP contribution in [-0.4, -0.2) is 53.7 Å². The van der Waals surface area contributed by atoms with Crippen molar-refractivity contribution in [2.45, 2.75) is 45.6 Å². The highest BCUT2D eigenvalue weighted by Crippen LogP contribution is 2.44. The van der Waals surface area contributed by atoms with Gasteiger partial charge in [-0.25, -0.2) is 4.79 Å². The topological polar surface area (TPSA) is 95.9 Å². The summed E-state index contributed by atoms with van der Waals surface area (Å²) in [6.45, 7) is 6.59. The van der Waals surface area contributed by atoms with E-state index in [1.54, 1.807) is 4.90 Å². The molecule has 0 radical (unpaired) electrons. The second kappa shape index (κ2) is 9.49. The van der Waals surface area contributed by atoms with Gasteiger partial charge in [-0.3, -0.25) is 9.59 Å². The van der Waals surface area contributed by atoms with Crippen molar-refractivity contribution < 1.29 is 24.2 Å². The number of nitrogens with one attached hydrogen (secondary N) is 1. The Morgan fingerprint density at radius 1 is 1.00 bits per heavy atom. The molecule has 1 atom stereocenters. The molecule has 0 bridgehead atoms. The molecule has 0 aromatic heterocycles. The zero-order valence-corrected chi connectivity index (χ0v) is 19.9. The fourth-order valence-corrected chi connectivity index (χ4v) is 4.94. The molecule has 180 valence electrons. The third-order valence-electron chi connectivity index (χ3n) is 6.87. The summed E-state index contributed by atoms with van der Waals surface area (Å²) in [6.07, 6.45) is 0.210. The van der Waals surface area contributed by atoms with E-state index in [4.69, 9.17) is 4.74 Å². The molecule has 4 rings (SSSR count). The number of carbonyl (C=O) groups excluding carboxylic acids is 2. The number of hydrogen-bond donors (Lipinski definition) is 2. The zero-order chi connectivity index (χ0) is 24.5. The van der Waals surface area contributed by atoms with Crippen LogP contribution >= 0.6 is 0 Å². The first kappa shape index (κ1) is 23.8. The number of hydrogen-bond acceptors (Lipinski definition) is 4. The minimum atomic E-state index is -0.823. The molecule has 1 fully saturated rings. The third kappa shape index (κ3) is 4.79. The van der Waals surface area contributed by atoms with Crippen LogP contribution in [0.15, 0.2) is 48.5 Å². The van der Waals surface area contributed by atoms with Crippen molar-refractivity contribution in [2.24, 2.45) is 11.3 Å². The summed E-state index contributed by atoms with van der Waals surface area (Å²) in [6, 6.07) is 15.5. The lowest BCUT2D eigenvalue weighted by Gasteiger charge is -2.37.